The van der Waals surface area contributed by atoms with Crippen LogP contribution in [0.4, 0.5) is 0 Å². The van der Waals surface area contributed by atoms with Crippen molar-refractivity contribution in [1.82, 2.24) is 9.55 Å². The standard InChI is InChI=1S/C33H25ClN4OS/c34-22-14-12-21(13-15-22)28-23-10-4-5-11-26(23)37-33-29(28)30(38-16-6-7-17-38)31(40-33)27-18-24(20-8-2-1-3-9-20)25(19-35)32(36)39-27/h1-3,6-9,12-18,24H,4-5,10-11,36H2. The van der Waals surface area contributed by atoms with E-state index in [2.05, 4.69) is 22.8 Å². The van der Waals surface area contributed by atoms with E-state index in [1.54, 1.807) is 11.3 Å². The molecular formula is C33H25ClN4OS. The molecule has 2 aliphatic rings. The largest absolute Gasteiger partial charge is 0.439 e. The zero-order valence-corrected chi connectivity index (χ0v) is 23.2. The molecule has 5 aromatic rings. The number of aryl methyl sites for hydroxylation is 1. The van der Waals surface area contributed by atoms with Gasteiger partial charge in [-0.1, -0.05) is 54.1 Å². The number of nitrogens with two attached hydrogens (primary N) is 1. The van der Waals surface area contributed by atoms with Crippen molar-refractivity contribution in [3.05, 3.63) is 123 Å². The van der Waals surface area contributed by atoms with E-state index in [0.29, 0.717) is 16.4 Å². The predicted octanol–water partition coefficient (Wildman–Crippen LogP) is 8.13. The van der Waals surface area contributed by atoms with E-state index in [9.17, 15) is 5.26 Å². The number of hydrogen-bond acceptors (Lipinski definition) is 5. The van der Waals surface area contributed by atoms with Crippen molar-refractivity contribution in [2.24, 2.45) is 5.73 Å². The Hall–Kier alpha value is -4.31. The van der Waals surface area contributed by atoms with Crippen LogP contribution in [0.15, 0.2) is 96.7 Å². The number of allylic oxidation sites excluding steroid dienone is 2. The van der Waals surface area contributed by atoms with E-state index < -0.39 is 0 Å². The molecule has 4 heterocycles. The molecule has 1 aliphatic heterocycles. The molecule has 2 N–H and O–H groups in total. The third kappa shape index (κ3) is 4.10. The van der Waals surface area contributed by atoms with Crippen molar-refractivity contribution in [1.29, 1.82) is 5.26 Å². The second-order valence-electron chi connectivity index (χ2n) is 10.1. The minimum atomic E-state index is -0.311. The van der Waals surface area contributed by atoms with Gasteiger partial charge in [-0.25, -0.2) is 4.98 Å². The van der Waals surface area contributed by atoms with E-state index in [1.165, 1.54) is 16.8 Å². The van der Waals surface area contributed by atoms with Crippen molar-refractivity contribution in [3.63, 3.8) is 0 Å². The van der Waals surface area contributed by atoms with E-state index in [0.717, 1.165) is 57.6 Å². The lowest BCUT2D eigenvalue weighted by atomic mass is 9.87. The van der Waals surface area contributed by atoms with Crippen LogP contribution in [0.1, 0.15) is 40.5 Å². The summed E-state index contributed by atoms with van der Waals surface area (Å²) in [4.78, 5) is 7.12. The van der Waals surface area contributed by atoms with Crippen molar-refractivity contribution < 1.29 is 4.74 Å². The lowest BCUT2D eigenvalue weighted by Gasteiger charge is -2.23. The molecular weight excluding hydrogens is 536 g/mol. The van der Waals surface area contributed by atoms with E-state index >= 15 is 0 Å². The van der Waals surface area contributed by atoms with Crippen LogP contribution in [0, 0.1) is 11.3 Å². The van der Waals surface area contributed by atoms with Gasteiger partial charge in [0.1, 0.15) is 22.2 Å². The fourth-order valence-corrected chi connectivity index (χ4v) is 7.16. The van der Waals surface area contributed by atoms with Gasteiger partial charge < -0.3 is 15.0 Å². The van der Waals surface area contributed by atoms with Gasteiger partial charge in [-0.3, -0.25) is 0 Å². The molecule has 7 heteroatoms. The van der Waals surface area contributed by atoms with Gasteiger partial charge in [-0.05, 0) is 78.3 Å². The normalized spacial score (nSPS) is 16.8. The first-order valence-corrected chi connectivity index (χ1v) is 14.5. The Labute approximate surface area is 241 Å². The summed E-state index contributed by atoms with van der Waals surface area (Å²) in [5.41, 5.74) is 13.6. The van der Waals surface area contributed by atoms with Crippen LogP contribution in [0.5, 0.6) is 0 Å². The van der Waals surface area contributed by atoms with Crippen molar-refractivity contribution >= 4 is 38.9 Å². The molecule has 5 nitrogen and oxygen atoms in total. The number of ether oxygens (including phenoxy) is 1. The lowest BCUT2D eigenvalue weighted by Crippen LogP contribution is -2.16. The molecule has 0 spiro atoms. The molecule has 3 aromatic heterocycles. The number of hydrogen-bond donors (Lipinski definition) is 1. The number of thiophene rings is 1. The van der Waals surface area contributed by atoms with Gasteiger partial charge in [0, 0.05) is 34.4 Å². The number of pyridine rings is 1. The molecule has 40 heavy (non-hydrogen) atoms. The number of aromatic nitrogens is 2. The average Bonchev–Trinajstić information content (AvgIpc) is 3.64. The van der Waals surface area contributed by atoms with E-state index in [1.807, 2.05) is 73.1 Å². The summed E-state index contributed by atoms with van der Waals surface area (Å²) in [5.74, 6) is 0.460. The first kappa shape index (κ1) is 24.7. The van der Waals surface area contributed by atoms with Crippen LogP contribution >= 0.6 is 22.9 Å². The Morgan fingerprint density at radius 1 is 1.00 bits per heavy atom. The quantitative estimate of drug-likeness (QED) is 0.241. The maximum Gasteiger partial charge on any atom is 0.205 e. The van der Waals surface area contributed by atoms with Crippen LogP contribution in [-0.2, 0) is 17.6 Å². The highest BCUT2D eigenvalue weighted by molar-refractivity contribution is 7.20. The minimum Gasteiger partial charge on any atom is -0.439 e. The van der Waals surface area contributed by atoms with Crippen molar-refractivity contribution in [3.8, 4) is 22.9 Å². The maximum absolute atomic E-state index is 9.95. The second-order valence-corrected chi connectivity index (χ2v) is 11.5. The fraction of sp³-hybridized carbons (Fsp3) is 0.152. The molecule has 7 rings (SSSR count). The van der Waals surface area contributed by atoms with E-state index in [4.69, 9.17) is 27.1 Å². The third-order valence-electron chi connectivity index (χ3n) is 7.70. The Balaban J connectivity index is 1.53. The van der Waals surface area contributed by atoms with Gasteiger partial charge in [0.15, 0.2) is 0 Å². The zero-order valence-electron chi connectivity index (χ0n) is 21.6. The molecule has 0 amide bonds. The molecule has 0 bridgehead atoms. The van der Waals surface area contributed by atoms with Crippen LogP contribution < -0.4 is 5.73 Å². The van der Waals surface area contributed by atoms with Gasteiger partial charge in [0.2, 0.25) is 5.88 Å². The zero-order chi connectivity index (χ0) is 27.2. The summed E-state index contributed by atoms with van der Waals surface area (Å²) < 4.78 is 8.36. The van der Waals surface area contributed by atoms with Gasteiger partial charge in [-0.2, -0.15) is 5.26 Å². The van der Waals surface area contributed by atoms with Gasteiger partial charge in [-0.15, -0.1) is 11.3 Å². The Kier molecular flexibility index (Phi) is 6.19. The highest BCUT2D eigenvalue weighted by atomic mass is 35.5. The first-order valence-electron chi connectivity index (χ1n) is 13.3. The predicted molar refractivity (Wildman–Crippen MR) is 161 cm³/mol. The number of rotatable bonds is 4. The lowest BCUT2D eigenvalue weighted by molar-refractivity contribution is 0.362. The van der Waals surface area contributed by atoms with Crippen molar-refractivity contribution in [2.75, 3.05) is 0 Å². The second kappa shape index (κ2) is 10.0. The molecule has 0 saturated carbocycles. The Morgan fingerprint density at radius 3 is 2.50 bits per heavy atom. The molecule has 0 fully saturated rings. The summed E-state index contributed by atoms with van der Waals surface area (Å²) in [7, 11) is 0. The SMILES string of the molecule is N#CC1=C(N)OC(c2sc3nc4c(c(-c5ccc(Cl)cc5)c3c2-n2cccc2)CCCC4)=CC1c1ccccc1. The summed E-state index contributed by atoms with van der Waals surface area (Å²) >= 11 is 7.91. The van der Waals surface area contributed by atoms with E-state index in [-0.39, 0.29) is 11.8 Å². The van der Waals surface area contributed by atoms with Gasteiger partial charge in [0.05, 0.1) is 10.6 Å². The summed E-state index contributed by atoms with van der Waals surface area (Å²) in [6.07, 6.45) is 10.4. The first-order chi connectivity index (χ1) is 19.6. The van der Waals surface area contributed by atoms with Crippen LogP contribution in [0.2, 0.25) is 5.02 Å². The number of fused-ring (bicyclic) bond motifs is 2. The maximum atomic E-state index is 9.95. The number of nitriles is 1. The number of halogens is 1. The fourth-order valence-electron chi connectivity index (χ4n) is 5.87. The van der Waals surface area contributed by atoms with Gasteiger partial charge >= 0.3 is 0 Å². The molecule has 0 saturated heterocycles. The Morgan fingerprint density at radius 2 is 1.75 bits per heavy atom. The molecule has 1 aliphatic carbocycles. The smallest absolute Gasteiger partial charge is 0.205 e. The number of benzene rings is 2. The molecule has 1 unspecified atom stereocenters. The van der Waals surface area contributed by atoms with Gasteiger partial charge in [0.25, 0.3) is 0 Å². The Bertz CT molecular complexity index is 1850. The topological polar surface area (TPSA) is 76.9 Å². The molecule has 0 radical (unpaired) electrons. The van der Waals surface area contributed by atoms with Crippen LogP contribution in [0.25, 0.3) is 32.8 Å². The molecule has 196 valence electrons. The van der Waals surface area contributed by atoms with Crippen LogP contribution in [0.3, 0.4) is 0 Å². The summed E-state index contributed by atoms with van der Waals surface area (Å²) in [5, 5.41) is 11.8. The highest BCUT2D eigenvalue weighted by Gasteiger charge is 2.31. The minimum absolute atomic E-state index is 0.134. The monoisotopic (exact) mass is 560 g/mol. The van der Waals surface area contributed by atoms with Crippen molar-refractivity contribution in [2.45, 2.75) is 31.6 Å². The average molecular weight is 561 g/mol. The highest BCUT2D eigenvalue weighted by Crippen LogP contribution is 2.48. The van der Waals surface area contributed by atoms with Crippen LogP contribution in [-0.4, -0.2) is 9.55 Å². The molecule has 2 aromatic carbocycles. The summed E-state index contributed by atoms with van der Waals surface area (Å²) in [6.45, 7) is 0. The summed E-state index contributed by atoms with van der Waals surface area (Å²) in [6, 6.07) is 24.4. The third-order valence-corrected chi connectivity index (χ3v) is 9.04. The number of nitrogens with zero attached hydrogens (tertiary/aromatic N) is 3. The molecule has 1 atom stereocenters.